The Balaban J connectivity index is 2.29. The van der Waals surface area contributed by atoms with E-state index < -0.39 is 17.4 Å². The monoisotopic (exact) mass is 238 g/mol. The Morgan fingerprint density at radius 3 is 2.71 bits per heavy atom. The van der Waals surface area contributed by atoms with Crippen molar-refractivity contribution >= 4 is 11.9 Å². The molecule has 1 fully saturated rings. The molecule has 92 valence electrons. The van der Waals surface area contributed by atoms with E-state index >= 15 is 0 Å². The number of nitrogens with zero attached hydrogens (tertiary/aromatic N) is 2. The van der Waals surface area contributed by atoms with Gasteiger partial charge in [-0.15, -0.1) is 0 Å². The molecule has 0 unspecified atom stereocenters. The van der Waals surface area contributed by atoms with Gasteiger partial charge in [-0.3, -0.25) is 9.48 Å². The van der Waals surface area contributed by atoms with Gasteiger partial charge in [0.05, 0.1) is 24.4 Å². The minimum absolute atomic E-state index is 0.323. The van der Waals surface area contributed by atoms with Gasteiger partial charge >= 0.3 is 11.9 Å². The highest BCUT2D eigenvalue weighted by atomic mass is 16.5. The standard InChI is InChI=1S/C11H14N2O4/c1-13-8(5-11(3-4-11)10(15)16)7(6-12-13)9(14)17-2/h6H,3-5H2,1-2H3,(H,15,16). The summed E-state index contributed by atoms with van der Waals surface area (Å²) < 4.78 is 6.18. The fourth-order valence-corrected chi connectivity index (χ4v) is 1.89. The van der Waals surface area contributed by atoms with Gasteiger partial charge in [0.2, 0.25) is 0 Å². The molecule has 17 heavy (non-hydrogen) atoms. The summed E-state index contributed by atoms with van der Waals surface area (Å²) in [6, 6.07) is 0. The van der Waals surface area contributed by atoms with Gasteiger partial charge in [0.15, 0.2) is 0 Å². The Labute approximate surface area is 98.2 Å². The second kappa shape index (κ2) is 3.87. The lowest BCUT2D eigenvalue weighted by atomic mass is 9.98. The van der Waals surface area contributed by atoms with E-state index in [2.05, 4.69) is 9.84 Å². The van der Waals surface area contributed by atoms with Crippen molar-refractivity contribution in [2.24, 2.45) is 12.5 Å². The van der Waals surface area contributed by atoms with E-state index in [-0.39, 0.29) is 0 Å². The molecule has 1 aromatic heterocycles. The number of carbonyl (C=O) groups excluding carboxylic acids is 1. The van der Waals surface area contributed by atoms with E-state index in [9.17, 15) is 9.59 Å². The van der Waals surface area contributed by atoms with Crippen LogP contribution in [0.5, 0.6) is 0 Å². The summed E-state index contributed by atoms with van der Waals surface area (Å²) >= 11 is 0. The molecule has 2 rings (SSSR count). The molecule has 0 radical (unpaired) electrons. The Morgan fingerprint density at radius 1 is 1.59 bits per heavy atom. The number of carboxylic acids is 1. The first-order valence-electron chi connectivity index (χ1n) is 5.33. The highest BCUT2D eigenvalue weighted by Gasteiger charge is 2.51. The number of rotatable bonds is 4. The molecule has 0 bridgehead atoms. The number of methoxy groups -OCH3 is 1. The van der Waals surface area contributed by atoms with Gasteiger partial charge in [0, 0.05) is 13.5 Å². The molecule has 1 aromatic rings. The van der Waals surface area contributed by atoms with Crippen LogP contribution in [-0.4, -0.2) is 33.9 Å². The Morgan fingerprint density at radius 2 is 2.24 bits per heavy atom. The minimum atomic E-state index is -0.811. The van der Waals surface area contributed by atoms with E-state index in [1.165, 1.54) is 18.0 Å². The first-order valence-corrected chi connectivity index (χ1v) is 5.33. The highest BCUT2D eigenvalue weighted by Crippen LogP contribution is 2.48. The zero-order valence-electron chi connectivity index (χ0n) is 9.77. The van der Waals surface area contributed by atoms with Crippen LogP contribution in [0, 0.1) is 5.41 Å². The second-order valence-corrected chi connectivity index (χ2v) is 4.38. The lowest BCUT2D eigenvalue weighted by Gasteiger charge is -2.11. The minimum Gasteiger partial charge on any atom is -0.481 e. The Bertz CT molecular complexity index is 474. The van der Waals surface area contributed by atoms with E-state index in [4.69, 9.17) is 5.11 Å². The third kappa shape index (κ3) is 1.90. The summed E-state index contributed by atoms with van der Waals surface area (Å²) in [4.78, 5) is 22.6. The van der Waals surface area contributed by atoms with Crippen LogP contribution in [0.4, 0.5) is 0 Å². The summed E-state index contributed by atoms with van der Waals surface area (Å²) in [5.41, 5.74) is 0.260. The number of carboxylic acid groups (broad SMARTS) is 1. The number of ether oxygens (including phenoxy) is 1. The maximum atomic E-state index is 11.5. The topological polar surface area (TPSA) is 81.4 Å². The third-order valence-electron chi connectivity index (χ3n) is 3.28. The number of hydrogen-bond acceptors (Lipinski definition) is 4. The van der Waals surface area contributed by atoms with Gasteiger partial charge in [0.1, 0.15) is 5.56 Å². The Hall–Kier alpha value is -1.85. The first kappa shape index (κ1) is 11.6. The van der Waals surface area contributed by atoms with Gasteiger partial charge in [-0.25, -0.2) is 4.79 Å². The number of aliphatic carboxylic acids is 1. The fourth-order valence-electron chi connectivity index (χ4n) is 1.89. The van der Waals surface area contributed by atoms with Gasteiger partial charge < -0.3 is 9.84 Å². The molecule has 1 N–H and O–H groups in total. The lowest BCUT2D eigenvalue weighted by molar-refractivity contribution is -0.143. The molecule has 1 saturated carbocycles. The third-order valence-corrected chi connectivity index (χ3v) is 3.28. The van der Waals surface area contributed by atoms with Crippen LogP contribution in [0.15, 0.2) is 6.20 Å². The van der Waals surface area contributed by atoms with Crippen LogP contribution in [-0.2, 0) is 23.0 Å². The second-order valence-electron chi connectivity index (χ2n) is 4.38. The Kier molecular flexibility index (Phi) is 2.65. The number of hydrogen-bond donors (Lipinski definition) is 1. The number of esters is 1. The molecular weight excluding hydrogens is 224 g/mol. The smallest absolute Gasteiger partial charge is 0.341 e. The number of aromatic nitrogens is 2. The molecule has 1 heterocycles. The van der Waals surface area contributed by atoms with Crippen molar-refractivity contribution in [1.82, 2.24) is 9.78 Å². The fraction of sp³-hybridized carbons (Fsp3) is 0.545. The van der Waals surface area contributed by atoms with Crippen LogP contribution in [0.1, 0.15) is 28.9 Å². The van der Waals surface area contributed by atoms with E-state index in [1.54, 1.807) is 7.05 Å². The van der Waals surface area contributed by atoms with Crippen LogP contribution in [0.25, 0.3) is 0 Å². The molecule has 6 heteroatoms. The van der Waals surface area contributed by atoms with Crippen molar-refractivity contribution in [2.75, 3.05) is 7.11 Å². The molecule has 0 aromatic carbocycles. The van der Waals surface area contributed by atoms with Crippen LogP contribution in [0.2, 0.25) is 0 Å². The number of aryl methyl sites for hydroxylation is 1. The molecule has 6 nitrogen and oxygen atoms in total. The van der Waals surface area contributed by atoms with Crippen molar-refractivity contribution < 1.29 is 19.4 Å². The van der Waals surface area contributed by atoms with Crippen LogP contribution in [0.3, 0.4) is 0 Å². The largest absolute Gasteiger partial charge is 0.481 e. The summed E-state index contributed by atoms with van der Waals surface area (Å²) in [5, 5.41) is 13.1. The molecule has 0 aliphatic heterocycles. The van der Waals surface area contributed by atoms with E-state index in [0.29, 0.717) is 30.5 Å². The van der Waals surface area contributed by atoms with Gasteiger partial charge in [-0.1, -0.05) is 0 Å². The number of carbonyl (C=O) groups is 2. The molecule has 0 atom stereocenters. The lowest BCUT2D eigenvalue weighted by Crippen LogP contribution is -2.21. The molecule has 1 aliphatic rings. The maximum absolute atomic E-state index is 11.5. The normalized spacial score (nSPS) is 16.6. The van der Waals surface area contributed by atoms with Crippen molar-refractivity contribution in [1.29, 1.82) is 0 Å². The zero-order valence-corrected chi connectivity index (χ0v) is 9.77. The molecule has 0 amide bonds. The van der Waals surface area contributed by atoms with Crippen molar-refractivity contribution in [3.63, 3.8) is 0 Å². The maximum Gasteiger partial charge on any atom is 0.341 e. The van der Waals surface area contributed by atoms with Crippen LogP contribution >= 0.6 is 0 Å². The van der Waals surface area contributed by atoms with Gasteiger partial charge in [-0.2, -0.15) is 5.10 Å². The average Bonchev–Trinajstić information content (AvgIpc) is 3.00. The molecular formula is C11H14N2O4. The summed E-state index contributed by atoms with van der Waals surface area (Å²) in [7, 11) is 2.99. The highest BCUT2D eigenvalue weighted by molar-refractivity contribution is 5.90. The predicted molar refractivity (Wildman–Crippen MR) is 57.6 cm³/mol. The quantitative estimate of drug-likeness (QED) is 0.777. The van der Waals surface area contributed by atoms with Crippen molar-refractivity contribution in [3.05, 3.63) is 17.5 Å². The van der Waals surface area contributed by atoms with Crippen molar-refractivity contribution in [3.8, 4) is 0 Å². The van der Waals surface area contributed by atoms with E-state index in [0.717, 1.165) is 0 Å². The van der Waals surface area contributed by atoms with Crippen LogP contribution < -0.4 is 0 Å². The van der Waals surface area contributed by atoms with Gasteiger partial charge in [-0.05, 0) is 12.8 Å². The predicted octanol–water partition coefficient (Wildman–Crippen LogP) is 0.614. The first-order chi connectivity index (χ1) is 8.00. The zero-order chi connectivity index (χ0) is 12.6. The summed E-state index contributed by atoms with van der Waals surface area (Å²) in [6.45, 7) is 0. The van der Waals surface area contributed by atoms with E-state index in [1.807, 2.05) is 0 Å². The molecule has 0 spiro atoms. The molecule has 1 aliphatic carbocycles. The van der Waals surface area contributed by atoms with Crippen molar-refractivity contribution in [2.45, 2.75) is 19.3 Å². The summed E-state index contributed by atoms with van der Waals surface area (Å²) in [5.74, 6) is -1.29. The van der Waals surface area contributed by atoms with Gasteiger partial charge in [0.25, 0.3) is 0 Å². The molecule has 0 saturated heterocycles. The average molecular weight is 238 g/mol. The SMILES string of the molecule is COC(=O)c1cnn(C)c1CC1(C(=O)O)CC1. The summed E-state index contributed by atoms with van der Waals surface area (Å²) in [6.07, 6.45) is 3.03.